The van der Waals surface area contributed by atoms with Crippen LogP contribution in [0, 0.1) is 0 Å². The Labute approximate surface area is 99.4 Å². The maximum absolute atomic E-state index is 5.88. The lowest BCUT2D eigenvalue weighted by Gasteiger charge is -2.09. The van der Waals surface area contributed by atoms with Crippen molar-refractivity contribution in [2.75, 3.05) is 18.2 Å². The number of anilines is 2. The number of methoxy groups -OCH3 is 1. The van der Waals surface area contributed by atoms with Crippen molar-refractivity contribution in [3.63, 3.8) is 0 Å². The summed E-state index contributed by atoms with van der Waals surface area (Å²) in [5.74, 6) is 1.46. The molecule has 0 unspecified atom stereocenters. The third-order valence-electron chi connectivity index (χ3n) is 2.34. The summed E-state index contributed by atoms with van der Waals surface area (Å²) < 4.78 is 6.74. The fourth-order valence-corrected chi connectivity index (χ4v) is 1.47. The summed E-state index contributed by atoms with van der Waals surface area (Å²) in [6.07, 6.45) is 1.66. The standard InChI is InChI=1S/C11H15N5O/c1-16-7-14-11(15-16)6-13-10-4-3-8(17-2)5-9(10)12/h3-5,7,13H,6,12H2,1-2H3. The number of nitrogen functional groups attached to an aromatic ring is 1. The van der Waals surface area contributed by atoms with Crippen LogP contribution in [0.5, 0.6) is 5.75 Å². The van der Waals surface area contributed by atoms with Crippen LogP contribution in [0.1, 0.15) is 5.82 Å². The lowest BCUT2D eigenvalue weighted by Crippen LogP contribution is -2.04. The van der Waals surface area contributed by atoms with Gasteiger partial charge in [-0.2, -0.15) is 5.10 Å². The topological polar surface area (TPSA) is 78.0 Å². The zero-order valence-corrected chi connectivity index (χ0v) is 9.84. The molecule has 0 bridgehead atoms. The van der Waals surface area contributed by atoms with Gasteiger partial charge >= 0.3 is 0 Å². The van der Waals surface area contributed by atoms with Crippen LogP contribution >= 0.6 is 0 Å². The van der Waals surface area contributed by atoms with Crippen molar-refractivity contribution in [1.82, 2.24) is 14.8 Å². The van der Waals surface area contributed by atoms with Crippen LogP contribution in [0.25, 0.3) is 0 Å². The van der Waals surface area contributed by atoms with Gasteiger partial charge in [-0.15, -0.1) is 0 Å². The van der Waals surface area contributed by atoms with E-state index >= 15 is 0 Å². The number of nitrogens with two attached hydrogens (primary N) is 1. The van der Waals surface area contributed by atoms with E-state index in [2.05, 4.69) is 15.4 Å². The number of rotatable bonds is 4. The Kier molecular flexibility index (Phi) is 3.13. The molecule has 0 aliphatic heterocycles. The van der Waals surface area contributed by atoms with Crippen molar-refractivity contribution in [3.8, 4) is 5.75 Å². The molecule has 0 aliphatic rings. The largest absolute Gasteiger partial charge is 0.497 e. The highest BCUT2D eigenvalue weighted by atomic mass is 16.5. The van der Waals surface area contributed by atoms with Crippen LogP contribution in [-0.4, -0.2) is 21.9 Å². The molecule has 17 heavy (non-hydrogen) atoms. The molecule has 2 aromatic rings. The minimum atomic E-state index is 0.539. The fourth-order valence-electron chi connectivity index (χ4n) is 1.47. The molecule has 0 saturated carbocycles. The molecule has 1 aromatic carbocycles. The van der Waals surface area contributed by atoms with Gasteiger partial charge in [-0.05, 0) is 12.1 Å². The van der Waals surface area contributed by atoms with Crippen LogP contribution in [-0.2, 0) is 13.6 Å². The highest BCUT2D eigenvalue weighted by Gasteiger charge is 2.03. The van der Waals surface area contributed by atoms with Gasteiger partial charge in [-0.25, -0.2) is 4.98 Å². The quantitative estimate of drug-likeness (QED) is 0.771. The van der Waals surface area contributed by atoms with Gasteiger partial charge < -0.3 is 15.8 Å². The van der Waals surface area contributed by atoms with Crippen LogP contribution < -0.4 is 15.8 Å². The van der Waals surface area contributed by atoms with Gasteiger partial charge in [0.15, 0.2) is 5.82 Å². The number of nitrogens with one attached hydrogen (secondary N) is 1. The van der Waals surface area contributed by atoms with Crippen LogP contribution in [0.3, 0.4) is 0 Å². The molecule has 1 heterocycles. The number of nitrogens with zero attached hydrogens (tertiary/aromatic N) is 3. The van der Waals surface area contributed by atoms with E-state index in [4.69, 9.17) is 10.5 Å². The fraction of sp³-hybridized carbons (Fsp3) is 0.273. The number of hydrogen-bond acceptors (Lipinski definition) is 5. The first-order chi connectivity index (χ1) is 8.19. The second kappa shape index (κ2) is 4.73. The van der Waals surface area contributed by atoms with E-state index in [9.17, 15) is 0 Å². The Bertz CT molecular complexity index is 508. The first-order valence-corrected chi connectivity index (χ1v) is 5.21. The Morgan fingerprint density at radius 1 is 1.47 bits per heavy atom. The zero-order chi connectivity index (χ0) is 12.3. The molecule has 6 heteroatoms. The number of benzene rings is 1. The Morgan fingerprint density at radius 3 is 2.88 bits per heavy atom. The van der Waals surface area contributed by atoms with Crippen LogP contribution in [0.2, 0.25) is 0 Å². The molecule has 0 radical (unpaired) electrons. The predicted molar refractivity (Wildman–Crippen MR) is 65.7 cm³/mol. The summed E-state index contributed by atoms with van der Waals surface area (Å²) in [5.41, 5.74) is 7.36. The Balaban J connectivity index is 2.04. The normalized spacial score (nSPS) is 10.2. The van der Waals surface area contributed by atoms with Crippen molar-refractivity contribution < 1.29 is 4.74 Å². The second-order valence-corrected chi connectivity index (χ2v) is 3.64. The first-order valence-electron chi connectivity index (χ1n) is 5.21. The minimum Gasteiger partial charge on any atom is -0.497 e. The van der Waals surface area contributed by atoms with Crippen molar-refractivity contribution in [1.29, 1.82) is 0 Å². The molecule has 6 nitrogen and oxygen atoms in total. The van der Waals surface area contributed by atoms with Gasteiger partial charge in [0.05, 0.1) is 25.0 Å². The van der Waals surface area contributed by atoms with Crippen LogP contribution in [0.15, 0.2) is 24.5 Å². The van der Waals surface area contributed by atoms with Crippen molar-refractivity contribution in [3.05, 3.63) is 30.4 Å². The van der Waals surface area contributed by atoms with Gasteiger partial charge in [-0.1, -0.05) is 0 Å². The van der Waals surface area contributed by atoms with Crippen LogP contribution in [0.4, 0.5) is 11.4 Å². The smallest absolute Gasteiger partial charge is 0.169 e. The maximum Gasteiger partial charge on any atom is 0.169 e. The SMILES string of the molecule is COc1ccc(NCc2ncn(C)n2)c(N)c1. The summed E-state index contributed by atoms with van der Waals surface area (Å²) in [7, 11) is 3.44. The summed E-state index contributed by atoms with van der Waals surface area (Å²) in [5, 5.41) is 7.34. The minimum absolute atomic E-state index is 0.539. The lowest BCUT2D eigenvalue weighted by molar-refractivity contribution is 0.415. The molecular formula is C11H15N5O. The highest BCUT2D eigenvalue weighted by molar-refractivity contribution is 5.68. The maximum atomic E-state index is 5.88. The average molecular weight is 233 g/mol. The van der Waals surface area contributed by atoms with Gasteiger partial charge in [0.2, 0.25) is 0 Å². The third kappa shape index (κ3) is 2.66. The first kappa shape index (κ1) is 11.3. The molecular weight excluding hydrogens is 218 g/mol. The molecule has 0 fully saturated rings. The molecule has 0 atom stereocenters. The van der Waals surface area contributed by atoms with Gasteiger partial charge in [0.1, 0.15) is 12.1 Å². The monoisotopic (exact) mass is 233 g/mol. The van der Waals surface area contributed by atoms with E-state index in [0.717, 1.165) is 17.3 Å². The molecule has 0 aliphatic carbocycles. The van der Waals surface area contributed by atoms with Gasteiger partial charge in [-0.3, -0.25) is 4.68 Å². The summed E-state index contributed by atoms with van der Waals surface area (Å²) in [4.78, 5) is 4.12. The highest BCUT2D eigenvalue weighted by Crippen LogP contribution is 2.24. The Morgan fingerprint density at radius 2 is 2.29 bits per heavy atom. The number of hydrogen-bond donors (Lipinski definition) is 2. The molecule has 3 N–H and O–H groups in total. The molecule has 0 spiro atoms. The summed E-state index contributed by atoms with van der Waals surface area (Å²) in [6, 6.07) is 5.50. The molecule has 0 amide bonds. The van der Waals surface area contributed by atoms with E-state index in [0.29, 0.717) is 12.2 Å². The van der Waals surface area contributed by atoms with Crippen molar-refractivity contribution in [2.24, 2.45) is 7.05 Å². The predicted octanol–water partition coefficient (Wildman–Crippen LogP) is 1.02. The Hall–Kier alpha value is -2.24. The van der Waals surface area contributed by atoms with Crippen molar-refractivity contribution in [2.45, 2.75) is 6.54 Å². The molecule has 90 valence electrons. The number of ether oxygens (including phenoxy) is 1. The van der Waals surface area contributed by atoms with Gasteiger partial charge in [0.25, 0.3) is 0 Å². The molecule has 2 rings (SSSR count). The molecule has 0 saturated heterocycles. The van der Waals surface area contributed by atoms with E-state index in [1.165, 1.54) is 0 Å². The lowest BCUT2D eigenvalue weighted by atomic mass is 10.2. The third-order valence-corrected chi connectivity index (χ3v) is 2.34. The van der Waals surface area contributed by atoms with E-state index in [1.807, 2.05) is 19.2 Å². The van der Waals surface area contributed by atoms with E-state index in [1.54, 1.807) is 24.2 Å². The summed E-state index contributed by atoms with van der Waals surface area (Å²) >= 11 is 0. The number of aryl methyl sites for hydroxylation is 1. The molecule has 1 aromatic heterocycles. The average Bonchev–Trinajstić information content (AvgIpc) is 2.73. The van der Waals surface area contributed by atoms with Gasteiger partial charge in [0, 0.05) is 13.1 Å². The van der Waals surface area contributed by atoms with Crippen molar-refractivity contribution >= 4 is 11.4 Å². The zero-order valence-electron chi connectivity index (χ0n) is 9.84. The van der Waals surface area contributed by atoms with E-state index < -0.39 is 0 Å². The second-order valence-electron chi connectivity index (χ2n) is 3.64. The summed E-state index contributed by atoms with van der Waals surface area (Å²) in [6.45, 7) is 0.539. The van der Waals surface area contributed by atoms with E-state index in [-0.39, 0.29) is 0 Å². The number of aromatic nitrogens is 3.